The number of aliphatic hydroxyl groups excluding tert-OH is 1. The van der Waals surface area contributed by atoms with E-state index in [0.717, 1.165) is 25.9 Å². The van der Waals surface area contributed by atoms with Gasteiger partial charge in [-0.15, -0.1) is 0 Å². The number of hydrogen-bond acceptors (Lipinski definition) is 3. The molecule has 0 radical (unpaired) electrons. The Bertz CT molecular complexity index is 407. The highest BCUT2D eigenvalue weighted by Gasteiger charge is 2.28. The molecule has 1 aromatic rings. The van der Waals surface area contributed by atoms with Crippen molar-refractivity contribution in [3.05, 3.63) is 29.8 Å². The van der Waals surface area contributed by atoms with Crippen LogP contribution in [0.3, 0.4) is 0 Å². The van der Waals surface area contributed by atoms with E-state index in [1.165, 1.54) is 11.3 Å². The molecule has 3 heteroatoms. The molecule has 1 aliphatic heterocycles. The Morgan fingerprint density at radius 2 is 2.05 bits per heavy atom. The van der Waals surface area contributed by atoms with Crippen molar-refractivity contribution in [3.63, 3.8) is 0 Å². The number of nitrogens with zero attached hydrogens (tertiary/aromatic N) is 2. The zero-order valence-electron chi connectivity index (χ0n) is 12.3. The quantitative estimate of drug-likeness (QED) is 0.904. The summed E-state index contributed by atoms with van der Waals surface area (Å²) >= 11 is 0. The Morgan fingerprint density at radius 3 is 2.74 bits per heavy atom. The molecule has 19 heavy (non-hydrogen) atoms. The fraction of sp³-hybridized carbons (Fsp3) is 0.625. The maximum absolute atomic E-state index is 9.78. The minimum Gasteiger partial charge on any atom is -0.394 e. The van der Waals surface area contributed by atoms with Gasteiger partial charge in [-0.05, 0) is 45.0 Å². The average Bonchev–Trinajstić information content (AvgIpc) is 2.58. The van der Waals surface area contributed by atoms with E-state index in [2.05, 4.69) is 55.0 Å². The largest absolute Gasteiger partial charge is 0.394 e. The fourth-order valence-electron chi connectivity index (χ4n) is 3.09. The monoisotopic (exact) mass is 262 g/mol. The van der Waals surface area contributed by atoms with E-state index < -0.39 is 0 Å². The molecule has 2 atom stereocenters. The predicted octanol–water partition coefficient (Wildman–Crippen LogP) is 2.14. The normalized spacial score (nSPS) is 25.4. The highest BCUT2D eigenvalue weighted by molar-refractivity contribution is 5.55. The molecule has 0 spiro atoms. The van der Waals surface area contributed by atoms with Crippen molar-refractivity contribution in [2.45, 2.75) is 38.8 Å². The van der Waals surface area contributed by atoms with Crippen molar-refractivity contribution in [3.8, 4) is 0 Å². The van der Waals surface area contributed by atoms with E-state index >= 15 is 0 Å². The van der Waals surface area contributed by atoms with Gasteiger partial charge in [0.05, 0.1) is 12.6 Å². The Morgan fingerprint density at radius 1 is 1.32 bits per heavy atom. The smallest absolute Gasteiger partial charge is 0.0650 e. The Kier molecular flexibility index (Phi) is 4.83. The summed E-state index contributed by atoms with van der Waals surface area (Å²) in [4.78, 5) is 4.76. The van der Waals surface area contributed by atoms with Gasteiger partial charge in [0.2, 0.25) is 0 Å². The molecule has 2 unspecified atom stereocenters. The molecule has 0 aromatic heterocycles. The van der Waals surface area contributed by atoms with Crippen LogP contribution >= 0.6 is 0 Å². The molecule has 1 saturated heterocycles. The predicted molar refractivity (Wildman–Crippen MR) is 80.7 cm³/mol. The Labute approximate surface area is 116 Å². The Balaban J connectivity index is 2.37. The van der Waals surface area contributed by atoms with E-state index in [-0.39, 0.29) is 12.6 Å². The molecule has 106 valence electrons. The third kappa shape index (κ3) is 3.10. The van der Waals surface area contributed by atoms with Gasteiger partial charge in [-0.25, -0.2) is 0 Å². The number of para-hydroxylation sites is 1. The zero-order chi connectivity index (χ0) is 13.8. The maximum atomic E-state index is 9.78. The molecular formula is C16H26N2O. The average molecular weight is 262 g/mol. The number of aryl methyl sites for hydroxylation is 1. The minimum atomic E-state index is 0.190. The Hall–Kier alpha value is -1.06. The molecule has 1 fully saturated rings. The van der Waals surface area contributed by atoms with E-state index in [4.69, 9.17) is 0 Å². The van der Waals surface area contributed by atoms with Gasteiger partial charge in [0.1, 0.15) is 0 Å². The summed E-state index contributed by atoms with van der Waals surface area (Å²) in [5.74, 6) is 0. The van der Waals surface area contributed by atoms with E-state index in [0.29, 0.717) is 6.04 Å². The molecule has 1 heterocycles. The first-order chi connectivity index (χ1) is 9.17. The number of likely N-dealkylation sites (N-methyl/N-ethyl adjacent to an activating group) is 1. The van der Waals surface area contributed by atoms with Gasteiger partial charge in [-0.3, -0.25) is 0 Å². The van der Waals surface area contributed by atoms with Crippen LogP contribution < -0.4 is 4.90 Å². The van der Waals surface area contributed by atoms with Crippen LogP contribution in [0.4, 0.5) is 5.69 Å². The fourth-order valence-corrected chi connectivity index (χ4v) is 3.09. The second kappa shape index (κ2) is 6.40. The maximum Gasteiger partial charge on any atom is 0.0650 e. The molecular weight excluding hydrogens is 236 g/mol. The zero-order valence-corrected chi connectivity index (χ0v) is 12.3. The molecule has 3 nitrogen and oxygen atoms in total. The molecule has 1 aromatic carbocycles. The van der Waals surface area contributed by atoms with Gasteiger partial charge in [0.25, 0.3) is 0 Å². The number of rotatable bonds is 3. The summed E-state index contributed by atoms with van der Waals surface area (Å²) in [6, 6.07) is 9.26. The SMILES string of the molecule is CCc1ccccc1N1C(C)CCN(C)CC1CO. The van der Waals surface area contributed by atoms with Crippen molar-refractivity contribution < 1.29 is 5.11 Å². The first kappa shape index (κ1) is 14.4. The number of benzene rings is 1. The number of anilines is 1. The molecule has 1 N–H and O–H groups in total. The van der Waals surface area contributed by atoms with Crippen LogP contribution in [0, 0.1) is 0 Å². The van der Waals surface area contributed by atoms with Crippen molar-refractivity contribution in [1.29, 1.82) is 0 Å². The van der Waals surface area contributed by atoms with Crippen molar-refractivity contribution in [2.24, 2.45) is 0 Å². The lowest BCUT2D eigenvalue weighted by Gasteiger charge is -2.37. The van der Waals surface area contributed by atoms with Crippen LogP contribution in [0.25, 0.3) is 0 Å². The van der Waals surface area contributed by atoms with Gasteiger partial charge in [-0.2, -0.15) is 0 Å². The second-order valence-electron chi connectivity index (χ2n) is 5.63. The van der Waals surface area contributed by atoms with Gasteiger partial charge < -0.3 is 14.9 Å². The summed E-state index contributed by atoms with van der Waals surface area (Å²) < 4.78 is 0. The minimum absolute atomic E-state index is 0.190. The van der Waals surface area contributed by atoms with Crippen LogP contribution in [-0.4, -0.2) is 48.8 Å². The van der Waals surface area contributed by atoms with Gasteiger partial charge in [-0.1, -0.05) is 25.1 Å². The van der Waals surface area contributed by atoms with Crippen LogP contribution in [0.1, 0.15) is 25.8 Å². The summed E-state index contributed by atoms with van der Waals surface area (Å²) in [6.45, 7) is 6.71. The number of hydrogen-bond donors (Lipinski definition) is 1. The van der Waals surface area contributed by atoms with E-state index in [1.807, 2.05) is 0 Å². The first-order valence-electron chi connectivity index (χ1n) is 7.33. The van der Waals surface area contributed by atoms with Crippen LogP contribution in [0.5, 0.6) is 0 Å². The topological polar surface area (TPSA) is 26.7 Å². The summed E-state index contributed by atoms with van der Waals surface area (Å²) in [7, 11) is 2.14. The summed E-state index contributed by atoms with van der Waals surface area (Å²) in [5.41, 5.74) is 2.67. The second-order valence-corrected chi connectivity index (χ2v) is 5.63. The van der Waals surface area contributed by atoms with Crippen molar-refractivity contribution >= 4 is 5.69 Å². The molecule has 0 saturated carbocycles. The summed E-state index contributed by atoms with van der Waals surface area (Å²) in [6.07, 6.45) is 2.18. The highest BCUT2D eigenvalue weighted by atomic mass is 16.3. The van der Waals surface area contributed by atoms with Gasteiger partial charge in [0, 0.05) is 18.3 Å². The molecule has 1 aliphatic rings. The standard InChI is InChI=1S/C16H26N2O/c1-4-14-7-5-6-8-16(14)18-13(2)9-10-17(3)11-15(18)12-19/h5-8,13,15,19H,4,9-12H2,1-3H3. The third-order valence-corrected chi connectivity index (χ3v) is 4.18. The molecule has 0 bridgehead atoms. The first-order valence-corrected chi connectivity index (χ1v) is 7.33. The molecule has 0 aliphatic carbocycles. The lowest BCUT2D eigenvalue weighted by molar-refractivity contribution is 0.227. The lowest BCUT2D eigenvalue weighted by atomic mass is 10.0. The third-order valence-electron chi connectivity index (χ3n) is 4.18. The van der Waals surface area contributed by atoms with Crippen LogP contribution in [0.15, 0.2) is 24.3 Å². The van der Waals surface area contributed by atoms with Crippen LogP contribution in [0.2, 0.25) is 0 Å². The highest BCUT2D eigenvalue weighted by Crippen LogP contribution is 2.28. The number of aliphatic hydroxyl groups is 1. The van der Waals surface area contributed by atoms with Crippen LogP contribution in [-0.2, 0) is 6.42 Å². The van der Waals surface area contributed by atoms with Gasteiger partial charge in [0.15, 0.2) is 0 Å². The summed E-state index contributed by atoms with van der Waals surface area (Å²) in [5, 5.41) is 9.78. The van der Waals surface area contributed by atoms with E-state index in [9.17, 15) is 5.11 Å². The van der Waals surface area contributed by atoms with Gasteiger partial charge >= 0.3 is 0 Å². The molecule has 0 amide bonds. The molecule has 2 rings (SSSR count). The van der Waals surface area contributed by atoms with E-state index in [1.54, 1.807) is 0 Å². The van der Waals surface area contributed by atoms with Crippen molar-refractivity contribution in [2.75, 3.05) is 31.6 Å². The lowest BCUT2D eigenvalue weighted by Crippen LogP contribution is -2.46. The van der Waals surface area contributed by atoms with Crippen molar-refractivity contribution in [1.82, 2.24) is 4.90 Å².